The maximum absolute atomic E-state index is 12.7. The molecule has 0 spiro atoms. The van der Waals surface area contributed by atoms with Crippen LogP contribution in [0.1, 0.15) is 37.5 Å². The van der Waals surface area contributed by atoms with Crippen molar-refractivity contribution in [3.05, 3.63) is 52.5 Å². The monoisotopic (exact) mass is 388 g/mol. The third-order valence-corrected chi connectivity index (χ3v) is 4.31. The van der Waals surface area contributed by atoms with Gasteiger partial charge in [0.2, 0.25) is 5.88 Å². The Balaban J connectivity index is 1.76. The smallest absolute Gasteiger partial charge is 0.270 e. The number of halogens is 1. The van der Waals surface area contributed by atoms with Gasteiger partial charge in [-0.3, -0.25) is 14.6 Å². The first-order valence-electron chi connectivity index (χ1n) is 8.85. The lowest BCUT2D eigenvalue weighted by Gasteiger charge is -2.16. The molecule has 0 aromatic carbocycles. The molecule has 9 heteroatoms. The summed E-state index contributed by atoms with van der Waals surface area (Å²) in [5.74, 6) is -0.249. The van der Waals surface area contributed by atoms with Crippen LogP contribution in [0.15, 0.2) is 24.5 Å². The van der Waals surface area contributed by atoms with Crippen molar-refractivity contribution in [2.75, 3.05) is 26.4 Å². The van der Waals surface area contributed by atoms with Gasteiger partial charge in [0, 0.05) is 48.7 Å². The Bertz CT molecular complexity index is 890. The Morgan fingerprint density at radius 1 is 1.43 bits per heavy atom. The van der Waals surface area contributed by atoms with Crippen molar-refractivity contribution in [3.8, 4) is 5.88 Å². The van der Waals surface area contributed by atoms with Gasteiger partial charge in [-0.05, 0) is 24.6 Å². The van der Waals surface area contributed by atoms with Crippen LogP contribution in [0.3, 0.4) is 0 Å². The zero-order chi connectivity index (χ0) is 20.1. The maximum atomic E-state index is 12.7. The average molecular weight is 388 g/mol. The number of pyridine rings is 2. The molecule has 2 aromatic rings. The van der Waals surface area contributed by atoms with E-state index in [1.54, 1.807) is 24.1 Å². The minimum Gasteiger partial charge on any atom is -0.475 e. The Kier molecular flexibility index (Phi) is 6.15. The number of amides is 2. The molecule has 3 rings (SSSR count). The first-order valence-corrected chi connectivity index (χ1v) is 8.85. The highest BCUT2D eigenvalue weighted by atomic mass is 19.1. The third-order valence-electron chi connectivity index (χ3n) is 4.31. The van der Waals surface area contributed by atoms with Gasteiger partial charge in [0.1, 0.15) is 19.0 Å². The first kappa shape index (κ1) is 19.7. The highest BCUT2D eigenvalue weighted by molar-refractivity contribution is 6.03. The highest BCUT2D eigenvalue weighted by Gasteiger charge is 2.31. The number of fused-ring (bicyclic) bond motifs is 1. The summed E-state index contributed by atoms with van der Waals surface area (Å²) < 4.78 is 17.5. The van der Waals surface area contributed by atoms with E-state index >= 15 is 0 Å². The number of alkyl halides is 1. The molecule has 0 atom stereocenters. The number of aliphatic hydroxyl groups is 1. The van der Waals surface area contributed by atoms with Crippen molar-refractivity contribution >= 4 is 11.8 Å². The van der Waals surface area contributed by atoms with Crippen LogP contribution < -0.4 is 10.1 Å². The van der Waals surface area contributed by atoms with E-state index in [1.165, 1.54) is 6.20 Å². The molecule has 0 saturated heterocycles. The molecule has 28 heavy (non-hydrogen) atoms. The standard InChI is InChI=1S/C19H21FN4O4/c1-12-8-13(9-23-18(12)28-7-3-20)10-24-11-15-14(19(24)27)2-4-21-16(15)17(26)22-5-6-25/h2,4,8-9,25H,3,5-7,10-11H2,1H3,(H,22,26). The predicted molar refractivity (Wildman–Crippen MR) is 97.7 cm³/mol. The maximum Gasteiger partial charge on any atom is 0.270 e. The van der Waals surface area contributed by atoms with Crippen molar-refractivity contribution in [1.82, 2.24) is 20.2 Å². The summed E-state index contributed by atoms with van der Waals surface area (Å²) in [6.07, 6.45) is 3.01. The predicted octanol–water partition coefficient (Wildman–Crippen LogP) is 1.01. The summed E-state index contributed by atoms with van der Waals surface area (Å²) in [5.41, 5.74) is 2.74. The Hall–Kier alpha value is -3.07. The van der Waals surface area contributed by atoms with E-state index in [0.29, 0.717) is 23.6 Å². The minimum atomic E-state index is -0.592. The third kappa shape index (κ3) is 4.09. The van der Waals surface area contributed by atoms with E-state index in [2.05, 4.69) is 15.3 Å². The van der Waals surface area contributed by atoms with Gasteiger partial charge in [0.15, 0.2) is 0 Å². The lowest BCUT2D eigenvalue weighted by Crippen LogP contribution is -2.28. The molecule has 2 aromatic heterocycles. The second-order valence-corrected chi connectivity index (χ2v) is 6.33. The number of hydrogen-bond donors (Lipinski definition) is 2. The lowest BCUT2D eigenvalue weighted by atomic mass is 10.1. The van der Waals surface area contributed by atoms with Crippen molar-refractivity contribution in [3.63, 3.8) is 0 Å². The molecular formula is C19H21FN4O4. The fourth-order valence-corrected chi connectivity index (χ4v) is 3.08. The molecule has 0 radical (unpaired) electrons. The van der Waals surface area contributed by atoms with Gasteiger partial charge in [-0.15, -0.1) is 0 Å². The molecule has 1 aliphatic heterocycles. The van der Waals surface area contributed by atoms with Gasteiger partial charge >= 0.3 is 0 Å². The molecule has 2 N–H and O–H groups in total. The van der Waals surface area contributed by atoms with Crippen molar-refractivity contribution in [2.45, 2.75) is 20.0 Å². The molecule has 3 heterocycles. The zero-order valence-electron chi connectivity index (χ0n) is 15.4. The fraction of sp³-hybridized carbons (Fsp3) is 0.368. The van der Waals surface area contributed by atoms with Gasteiger partial charge in [0.05, 0.1) is 6.61 Å². The van der Waals surface area contributed by atoms with E-state index in [-0.39, 0.29) is 37.9 Å². The second kappa shape index (κ2) is 8.75. The Labute approximate surface area is 161 Å². The first-order chi connectivity index (χ1) is 13.5. The van der Waals surface area contributed by atoms with Crippen molar-refractivity contribution < 1.29 is 23.8 Å². The van der Waals surface area contributed by atoms with E-state index in [1.807, 2.05) is 6.07 Å². The number of nitrogens with one attached hydrogen (secondary N) is 1. The number of aliphatic hydroxyl groups excluding tert-OH is 1. The van der Waals surface area contributed by atoms with Crippen LogP contribution in [0, 0.1) is 6.92 Å². The van der Waals surface area contributed by atoms with Gasteiger partial charge in [-0.2, -0.15) is 0 Å². The summed E-state index contributed by atoms with van der Waals surface area (Å²) in [5, 5.41) is 11.4. The summed E-state index contributed by atoms with van der Waals surface area (Å²) in [7, 11) is 0. The number of aryl methyl sites for hydroxylation is 1. The number of carbonyl (C=O) groups excluding carboxylic acids is 2. The van der Waals surface area contributed by atoms with Gasteiger partial charge < -0.3 is 20.1 Å². The molecule has 1 aliphatic rings. The highest BCUT2D eigenvalue weighted by Crippen LogP contribution is 2.27. The molecule has 148 valence electrons. The number of carbonyl (C=O) groups is 2. The van der Waals surface area contributed by atoms with Gasteiger partial charge in [0.25, 0.3) is 11.8 Å². The van der Waals surface area contributed by atoms with E-state index in [9.17, 15) is 14.0 Å². The van der Waals surface area contributed by atoms with Crippen LogP contribution in [-0.4, -0.2) is 58.2 Å². The van der Waals surface area contributed by atoms with Crippen LogP contribution in [0.25, 0.3) is 0 Å². The van der Waals surface area contributed by atoms with E-state index in [0.717, 1.165) is 11.1 Å². The van der Waals surface area contributed by atoms with E-state index in [4.69, 9.17) is 9.84 Å². The molecular weight excluding hydrogens is 367 g/mol. The topological polar surface area (TPSA) is 105 Å². The molecule has 0 unspecified atom stereocenters. The summed E-state index contributed by atoms with van der Waals surface area (Å²) in [6, 6.07) is 3.43. The molecule has 0 bridgehead atoms. The second-order valence-electron chi connectivity index (χ2n) is 6.33. The molecule has 8 nitrogen and oxygen atoms in total. The summed E-state index contributed by atoms with van der Waals surface area (Å²) >= 11 is 0. The number of nitrogens with zero attached hydrogens (tertiary/aromatic N) is 3. The number of rotatable bonds is 8. The van der Waals surface area contributed by atoms with Crippen LogP contribution in [0.4, 0.5) is 4.39 Å². The molecule has 0 fully saturated rings. The molecule has 2 amide bonds. The van der Waals surface area contributed by atoms with Crippen molar-refractivity contribution in [1.29, 1.82) is 0 Å². The quantitative estimate of drug-likeness (QED) is 0.699. The van der Waals surface area contributed by atoms with Crippen LogP contribution in [0.2, 0.25) is 0 Å². The van der Waals surface area contributed by atoms with Crippen LogP contribution in [0.5, 0.6) is 5.88 Å². The minimum absolute atomic E-state index is 0.0543. The number of hydrogen-bond acceptors (Lipinski definition) is 6. The Morgan fingerprint density at radius 2 is 2.25 bits per heavy atom. The normalized spacial score (nSPS) is 12.8. The number of aromatic nitrogens is 2. The summed E-state index contributed by atoms with van der Waals surface area (Å²) in [6.45, 7) is 1.66. The van der Waals surface area contributed by atoms with Gasteiger partial charge in [-0.1, -0.05) is 0 Å². The van der Waals surface area contributed by atoms with Gasteiger partial charge in [-0.25, -0.2) is 9.37 Å². The van der Waals surface area contributed by atoms with Crippen LogP contribution in [-0.2, 0) is 13.1 Å². The zero-order valence-corrected chi connectivity index (χ0v) is 15.4. The fourth-order valence-electron chi connectivity index (χ4n) is 3.08. The molecule has 0 aliphatic carbocycles. The van der Waals surface area contributed by atoms with Crippen LogP contribution >= 0.6 is 0 Å². The SMILES string of the molecule is Cc1cc(CN2Cc3c(ccnc3C(=O)NCCO)C2=O)cnc1OCCF. The van der Waals surface area contributed by atoms with Crippen molar-refractivity contribution in [2.24, 2.45) is 0 Å². The average Bonchev–Trinajstić information content (AvgIpc) is 3.01. The lowest BCUT2D eigenvalue weighted by molar-refractivity contribution is 0.0765. The summed E-state index contributed by atoms with van der Waals surface area (Å²) in [4.78, 5) is 34.9. The van der Waals surface area contributed by atoms with E-state index < -0.39 is 12.6 Å². The molecule has 0 saturated carbocycles. The number of ether oxygens (including phenoxy) is 1. The Morgan fingerprint density at radius 3 is 2.96 bits per heavy atom. The largest absolute Gasteiger partial charge is 0.475 e.